The lowest BCUT2D eigenvalue weighted by Crippen LogP contribution is -2.64. The molecule has 3 unspecified atom stereocenters. The van der Waals surface area contributed by atoms with Gasteiger partial charge >= 0.3 is 0 Å². The summed E-state index contributed by atoms with van der Waals surface area (Å²) in [6, 6.07) is 0. The Kier molecular flexibility index (Phi) is 6.87. The molecule has 5 atom stereocenters. The van der Waals surface area contributed by atoms with E-state index in [0.717, 1.165) is 0 Å². The highest BCUT2D eigenvalue weighted by Crippen LogP contribution is 2.33. The molecule has 1 aliphatic heterocycles. The smallest absolute Gasteiger partial charge is 0.187 e. The van der Waals surface area contributed by atoms with E-state index >= 15 is 0 Å². The van der Waals surface area contributed by atoms with Gasteiger partial charge in [-0.05, 0) is 62.3 Å². The molecule has 0 spiro atoms. The third-order valence-corrected chi connectivity index (χ3v) is 3.24. The van der Waals surface area contributed by atoms with Gasteiger partial charge in [-0.15, -0.1) is 0 Å². The summed E-state index contributed by atoms with van der Waals surface area (Å²) in [4.78, 5) is 0. The van der Waals surface area contributed by atoms with Gasteiger partial charge in [0, 0.05) is 0 Å². The largest absolute Gasteiger partial charge is 0.394 e. The number of hydrogen-bond donors (Lipinski definition) is 2. The van der Waals surface area contributed by atoms with E-state index in [0.29, 0.717) is 0 Å². The van der Waals surface area contributed by atoms with Gasteiger partial charge < -0.3 is 29.2 Å². The first kappa shape index (κ1) is 21.8. The number of rotatable bonds is 4. The van der Waals surface area contributed by atoms with E-state index in [4.69, 9.17) is 18.9 Å². The Morgan fingerprint density at radius 2 is 1.17 bits per heavy atom. The van der Waals surface area contributed by atoms with Gasteiger partial charge in [-0.1, -0.05) is 0 Å². The molecule has 24 heavy (non-hydrogen) atoms. The van der Waals surface area contributed by atoms with Crippen LogP contribution in [0.15, 0.2) is 0 Å². The van der Waals surface area contributed by atoms with Gasteiger partial charge in [0.05, 0.1) is 23.4 Å². The number of aliphatic hydroxyl groups excluding tert-OH is 2. The van der Waals surface area contributed by atoms with Gasteiger partial charge in [0.1, 0.15) is 24.4 Å². The Morgan fingerprint density at radius 1 is 0.750 bits per heavy atom. The maximum atomic E-state index is 10.8. The second-order valence-corrected chi connectivity index (χ2v) is 9.34. The Morgan fingerprint density at radius 3 is 1.54 bits per heavy atom. The average molecular weight is 348 g/mol. The van der Waals surface area contributed by atoms with Crippen LogP contribution in [0, 0.1) is 0 Å². The molecule has 1 saturated heterocycles. The molecule has 6 nitrogen and oxygen atoms in total. The van der Waals surface area contributed by atoms with Gasteiger partial charge in [0.25, 0.3) is 0 Å². The van der Waals surface area contributed by atoms with Crippen molar-refractivity contribution in [2.45, 2.75) is 110 Å². The van der Waals surface area contributed by atoms with Crippen LogP contribution in [0.1, 0.15) is 62.3 Å². The molecule has 1 fully saturated rings. The number of ether oxygens (including phenoxy) is 4. The second kappa shape index (κ2) is 7.56. The maximum absolute atomic E-state index is 10.8. The van der Waals surface area contributed by atoms with E-state index in [9.17, 15) is 10.2 Å². The van der Waals surface area contributed by atoms with Crippen molar-refractivity contribution in [1.29, 1.82) is 0 Å². The molecule has 0 aromatic heterocycles. The zero-order valence-electron chi connectivity index (χ0n) is 16.6. The zero-order chi connectivity index (χ0) is 18.9. The highest BCUT2D eigenvalue weighted by atomic mass is 16.7. The second-order valence-electron chi connectivity index (χ2n) is 9.34. The molecule has 0 bridgehead atoms. The van der Waals surface area contributed by atoms with Crippen molar-refractivity contribution in [3.05, 3.63) is 0 Å². The number of hydrogen-bond acceptors (Lipinski definition) is 6. The van der Waals surface area contributed by atoms with Crippen LogP contribution in [-0.2, 0) is 18.9 Å². The lowest BCUT2D eigenvalue weighted by atomic mass is 9.96. The fourth-order valence-electron chi connectivity index (χ4n) is 2.58. The third-order valence-electron chi connectivity index (χ3n) is 3.24. The average Bonchev–Trinajstić information content (AvgIpc) is 2.32. The standard InChI is InChI=1S/C18H36O6/c1-16(2,3)22-13-11(10-19)21-15(24-18(7,8)9)12(20)14(13)23-17(4,5)6/h11-15,19-20H,10H2,1-9H3/t11?,12-,13+,14?,15?/m1/s1. The first-order chi connectivity index (χ1) is 10.6. The topological polar surface area (TPSA) is 77.4 Å². The van der Waals surface area contributed by atoms with Gasteiger partial charge in [-0.3, -0.25) is 0 Å². The summed E-state index contributed by atoms with van der Waals surface area (Å²) in [5.41, 5.74) is -1.47. The minimum atomic E-state index is -1.03. The van der Waals surface area contributed by atoms with Crippen LogP contribution in [0.4, 0.5) is 0 Å². The highest BCUT2D eigenvalue weighted by molar-refractivity contribution is 4.94. The number of aliphatic hydroxyl groups is 2. The van der Waals surface area contributed by atoms with Crippen molar-refractivity contribution >= 4 is 0 Å². The summed E-state index contributed by atoms with van der Waals surface area (Å²) in [7, 11) is 0. The van der Waals surface area contributed by atoms with Crippen molar-refractivity contribution in [3.8, 4) is 0 Å². The third kappa shape index (κ3) is 6.94. The molecule has 0 aromatic rings. The van der Waals surface area contributed by atoms with E-state index in [-0.39, 0.29) is 6.61 Å². The van der Waals surface area contributed by atoms with Gasteiger partial charge in [-0.25, -0.2) is 0 Å². The highest BCUT2D eigenvalue weighted by Gasteiger charge is 2.50. The quantitative estimate of drug-likeness (QED) is 0.811. The fourth-order valence-corrected chi connectivity index (χ4v) is 2.58. The molecule has 0 aliphatic carbocycles. The molecule has 1 heterocycles. The van der Waals surface area contributed by atoms with E-state index in [1.807, 2.05) is 62.3 Å². The van der Waals surface area contributed by atoms with E-state index in [2.05, 4.69) is 0 Å². The molecule has 0 saturated carbocycles. The van der Waals surface area contributed by atoms with Gasteiger partial charge in [0.2, 0.25) is 0 Å². The SMILES string of the molecule is CC(C)(C)OC1OC(CO)[C@H](OC(C)(C)C)C(OC(C)(C)C)[C@H]1O. The van der Waals surface area contributed by atoms with Gasteiger partial charge in [-0.2, -0.15) is 0 Å². The summed E-state index contributed by atoms with van der Waals surface area (Å²) >= 11 is 0. The van der Waals surface area contributed by atoms with E-state index in [1.165, 1.54) is 0 Å². The fraction of sp³-hybridized carbons (Fsp3) is 1.00. The first-order valence-corrected chi connectivity index (χ1v) is 8.61. The van der Waals surface area contributed by atoms with E-state index < -0.39 is 47.5 Å². The van der Waals surface area contributed by atoms with Crippen molar-refractivity contribution in [2.75, 3.05) is 6.61 Å². The Labute approximate surface area is 146 Å². The summed E-state index contributed by atoms with van der Waals surface area (Å²) in [5.74, 6) is 0. The molecule has 1 aliphatic rings. The maximum Gasteiger partial charge on any atom is 0.187 e. The van der Waals surface area contributed by atoms with Crippen LogP contribution in [0.3, 0.4) is 0 Å². The van der Waals surface area contributed by atoms with Crippen LogP contribution in [-0.4, -0.2) is 64.3 Å². The molecule has 144 valence electrons. The van der Waals surface area contributed by atoms with Crippen LogP contribution < -0.4 is 0 Å². The Balaban J connectivity index is 3.12. The van der Waals surface area contributed by atoms with Crippen LogP contribution in [0.25, 0.3) is 0 Å². The predicted octanol–water partition coefficient (Wildman–Crippen LogP) is 2.25. The summed E-state index contributed by atoms with van der Waals surface area (Å²) in [6.07, 6.45) is -3.85. The normalized spacial score (nSPS) is 32.9. The van der Waals surface area contributed by atoms with Crippen molar-refractivity contribution in [2.24, 2.45) is 0 Å². The Hall–Kier alpha value is -0.240. The van der Waals surface area contributed by atoms with Gasteiger partial charge in [0.15, 0.2) is 6.29 Å². The molecule has 0 amide bonds. The Bertz CT molecular complexity index is 390. The van der Waals surface area contributed by atoms with Crippen molar-refractivity contribution < 1.29 is 29.2 Å². The molecule has 6 heteroatoms. The van der Waals surface area contributed by atoms with Crippen LogP contribution in [0.2, 0.25) is 0 Å². The lowest BCUT2D eigenvalue weighted by molar-refractivity contribution is -0.347. The minimum Gasteiger partial charge on any atom is -0.394 e. The molecular formula is C18H36O6. The minimum absolute atomic E-state index is 0.249. The lowest BCUT2D eigenvalue weighted by Gasteiger charge is -2.48. The molecule has 0 radical (unpaired) electrons. The van der Waals surface area contributed by atoms with Crippen LogP contribution in [0.5, 0.6) is 0 Å². The molecule has 1 rings (SSSR count). The monoisotopic (exact) mass is 348 g/mol. The summed E-state index contributed by atoms with van der Waals surface area (Å²) in [6.45, 7) is 16.9. The van der Waals surface area contributed by atoms with Crippen LogP contribution >= 0.6 is 0 Å². The zero-order valence-corrected chi connectivity index (χ0v) is 16.6. The van der Waals surface area contributed by atoms with Crippen molar-refractivity contribution in [3.63, 3.8) is 0 Å². The molecule has 2 N–H and O–H groups in total. The molecule has 0 aromatic carbocycles. The molecular weight excluding hydrogens is 312 g/mol. The van der Waals surface area contributed by atoms with E-state index in [1.54, 1.807) is 0 Å². The first-order valence-electron chi connectivity index (χ1n) is 8.61. The summed E-state index contributed by atoms with van der Waals surface area (Å²) in [5, 5.41) is 20.6. The predicted molar refractivity (Wildman–Crippen MR) is 91.8 cm³/mol. The van der Waals surface area contributed by atoms with Crippen molar-refractivity contribution in [1.82, 2.24) is 0 Å². The summed E-state index contributed by atoms with van der Waals surface area (Å²) < 4.78 is 23.8.